The van der Waals surface area contributed by atoms with Crippen LogP contribution in [0, 0.1) is 11.8 Å². The number of nitrogens with one attached hydrogen (secondary N) is 1. The van der Waals surface area contributed by atoms with E-state index in [4.69, 9.17) is 0 Å². The van der Waals surface area contributed by atoms with Crippen molar-refractivity contribution >= 4 is 0 Å². The second-order valence-corrected chi connectivity index (χ2v) is 6.10. The van der Waals surface area contributed by atoms with Crippen LogP contribution in [0.25, 0.3) is 0 Å². The van der Waals surface area contributed by atoms with Gasteiger partial charge in [-0.3, -0.25) is 0 Å². The zero-order valence-corrected chi connectivity index (χ0v) is 12.8. The first-order valence-corrected chi connectivity index (χ1v) is 7.84. The molecule has 1 aromatic rings. The SMILES string of the molecule is CC(NCC1CCCCC1C)c1cccc(OC(F)F)c1. The maximum absolute atomic E-state index is 12.2. The minimum Gasteiger partial charge on any atom is -0.435 e. The average Bonchev–Trinajstić information content (AvgIpc) is 2.45. The Bertz CT molecular complexity index is 439. The van der Waals surface area contributed by atoms with E-state index < -0.39 is 6.61 Å². The number of rotatable bonds is 6. The molecule has 21 heavy (non-hydrogen) atoms. The molecule has 0 spiro atoms. The summed E-state index contributed by atoms with van der Waals surface area (Å²) in [6.45, 7) is 2.61. The maximum atomic E-state index is 12.2. The maximum Gasteiger partial charge on any atom is 0.387 e. The summed E-state index contributed by atoms with van der Waals surface area (Å²) in [7, 11) is 0. The molecule has 0 radical (unpaired) electrons. The highest BCUT2D eigenvalue weighted by atomic mass is 19.3. The number of hydrogen-bond donors (Lipinski definition) is 1. The largest absolute Gasteiger partial charge is 0.435 e. The van der Waals surface area contributed by atoms with Crippen LogP contribution in [0.15, 0.2) is 24.3 Å². The van der Waals surface area contributed by atoms with Gasteiger partial charge in [-0.25, -0.2) is 0 Å². The highest BCUT2D eigenvalue weighted by molar-refractivity contribution is 5.30. The molecule has 1 aromatic carbocycles. The molecular formula is C17H25F2NO. The van der Waals surface area contributed by atoms with Crippen LogP contribution in [0.1, 0.15) is 51.1 Å². The molecule has 3 atom stereocenters. The monoisotopic (exact) mass is 297 g/mol. The van der Waals surface area contributed by atoms with E-state index >= 15 is 0 Å². The normalized spacial score (nSPS) is 24.0. The Labute approximate surface area is 125 Å². The molecule has 0 bridgehead atoms. The van der Waals surface area contributed by atoms with Crippen molar-refractivity contribution in [1.82, 2.24) is 5.32 Å². The van der Waals surface area contributed by atoms with Gasteiger partial charge in [0, 0.05) is 6.04 Å². The van der Waals surface area contributed by atoms with E-state index in [0.29, 0.717) is 0 Å². The Morgan fingerprint density at radius 1 is 1.29 bits per heavy atom. The third-order valence-corrected chi connectivity index (χ3v) is 4.56. The minimum atomic E-state index is -2.77. The van der Waals surface area contributed by atoms with Crippen molar-refractivity contribution in [2.75, 3.05) is 6.54 Å². The van der Waals surface area contributed by atoms with Crippen LogP contribution in [0.4, 0.5) is 8.78 Å². The Balaban J connectivity index is 1.89. The predicted octanol–water partition coefficient (Wildman–Crippen LogP) is 4.76. The predicted molar refractivity (Wildman–Crippen MR) is 80.6 cm³/mol. The zero-order chi connectivity index (χ0) is 15.2. The third kappa shape index (κ3) is 4.95. The van der Waals surface area contributed by atoms with Gasteiger partial charge in [-0.2, -0.15) is 8.78 Å². The van der Waals surface area contributed by atoms with Gasteiger partial charge in [0.2, 0.25) is 0 Å². The van der Waals surface area contributed by atoms with Crippen LogP contribution >= 0.6 is 0 Å². The van der Waals surface area contributed by atoms with E-state index in [0.717, 1.165) is 23.9 Å². The van der Waals surface area contributed by atoms with Crippen molar-refractivity contribution in [3.05, 3.63) is 29.8 Å². The molecule has 3 unspecified atom stereocenters. The minimum absolute atomic E-state index is 0.139. The summed E-state index contributed by atoms with van der Waals surface area (Å²) in [5.74, 6) is 1.72. The molecule has 0 saturated heterocycles. The molecule has 1 saturated carbocycles. The van der Waals surface area contributed by atoms with Crippen molar-refractivity contribution in [3.63, 3.8) is 0 Å². The van der Waals surface area contributed by atoms with Gasteiger partial charge in [-0.1, -0.05) is 38.3 Å². The van der Waals surface area contributed by atoms with Gasteiger partial charge in [0.1, 0.15) is 5.75 Å². The first-order chi connectivity index (χ1) is 10.1. The van der Waals surface area contributed by atoms with Crippen LogP contribution < -0.4 is 10.1 Å². The average molecular weight is 297 g/mol. The lowest BCUT2D eigenvalue weighted by molar-refractivity contribution is -0.0499. The van der Waals surface area contributed by atoms with E-state index in [1.807, 2.05) is 6.07 Å². The number of hydrogen-bond acceptors (Lipinski definition) is 2. The van der Waals surface area contributed by atoms with Crippen LogP contribution in [0.5, 0.6) is 5.75 Å². The molecule has 4 heteroatoms. The summed E-state index contributed by atoms with van der Waals surface area (Å²) in [5.41, 5.74) is 0.983. The fourth-order valence-electron chi connectivity index (χ4n) is 3.10. The van der Waals surface area contributed by atoms with Crippen LogP contribution in [-0.2, 0) is 0 Å². The summed E-state index contributed by atoms with van der Waals surface area (Å²) in [5, 5.41) is 3.54. The lowest BCUT2D eigenvalue weighted by Gasteiger charge is -2.30. The van der Waals surface area contributed by atoms with Crippen molar-refractivity contribution in [3.8, 4) is 5.75 Å². The molecule has 0 aromatic heterocycles. The standard InChI is InChI=1S/C17H25F2NO/c1-12-6-3-4-7-15(12)11-20-13(2)14-8-5-9-16(10-14)21-17(18)19/h5,8-10,12-13,15,17,20H,3-4,6-7,11H2,1-2H3. The summed E-state index contributed by atoms with van der Waals surface area (Å²) >= 11 is 0. The van der Waals surface area contributed by atoms with Gasteiger partial charge in [0.05, 0.1) is 0 Å². The van der Waals surface area contributed by atoms with E-state index in [-0.39, 0.29) is 11.8 Å². The van der Waals surface area contributed by atoms with Gasteiger partial charge in [-0.05, 0) is 49.4 Å². The highest BCUT2D eigenvalue weighted by Gasteiger charge is 2.21. The van der Waals surface area contributed by atoms with Gasteiger partial charge < -0.3 is 10.1 Å². The van der Waals surface area contributed by atoms with E-state index in [1.54, 1.807) is 18.2 Å². The first-order valence-electron chi connectivity index (χ1n) is 7.84. The van der Waals surface area contributed by atoms with Gasteiger partial charge in [0.15, 0.2) is 0 Å². The molecule has 0 heterocycles. The zero-order valence-electron chi connectivity index (χ0n) is 12.8. The lowest BCUT2D eigenvalue weighted by atomic mass is 9.80. The molecule has 1 aliphatic carbocycles. The van der Waals surface area contributed by atoms with Crippen LogP contribution in [0.2, 0.25) is 0 Å². The summed E-state index contributed by atoms with van der Waals surface area (Å²) in [6.07, 6.45) is 5.27. The summed E-state index contributed by atoms with van der Waals surface area (Å²) in [4.78, 5) is 0. The molecule has 1 N–H and O–H groups in total. The fourth-order valence-corrected chi connectivity index (χ4v) is 3.10. The molecule has 1 aliphatic rings. The third-order valence-electron chi connectivity index (χ3n) is 4.56. The number of halogens is 2. The number of alkyl halides is 2. The summed E-state index contributed by atoms with van der Waals surface area (Å²) in [6, 6.07) is 7.09. The number of benzene rings is 1. The van der Waals surface area contributed by atoms with Gasteiger partial charge >= 0.3 is 6.61 Å². The van der Waals surface area contributed by atoms with E-state index in [9.17, 15) is 8.78 Å². The van der Waals surface area contributed by atoms with Crippen molar-refractivity contribution in [1.29, 1.82) is 0 Å². The molecular weight excluding hydrogens is 272 g/mol. The molecule has 0 amide bonds. The molecule has 2 nitrogen and oxygen atoms in total. The van der Waals surface area contributed by atoms with Crippen molar-refractivity contribution in [2.45, 2.75) is 52.2 Å². The topological polar surface area (TPSA) is 21.3 Å². The van der Waals surface area contributed by atoms with Crippen molar-refractivity contribution < 1.29 is 13.5 Å². The second-order valence-electron chi connectivity index (χ2n) is 6.10. The van der Waals surface area contributed by atoms with Gasteiger partial charge in [-0.15, -0.1) is 0 Å². The molecule has 0 aliphatic heterocycles. The Morgan fingerprint density at radius 2 is 2.05 bits per heavy atom. The first kappa shape index (κ1) is 16.2. The van der Waals surface area contributed by atoms with Crippen molar-refractivity contribution in [2.24, 2.45) is 11.8 Å². The number of ether oxygens (including phenoxy) is 1. The highest BCUT2D eigenvalue weighted by Crippen LogP contribution is 2.29. The quantitative estimate of drug-likeness (QED) is 0.817. The fraction of sp³-hybridized carbons (Fsp3) is 0.647. The molecule has 2 rings (SSSR count). The van der Waals surface area contributed by atoms with E-state index in [1.165, 1.54) is 25.7 Å². The van der Waals surface area contributed by atoms with Crippen LogP contribution in [0.3, 0.4) is 0 Å². The second kappa shape index (κ2) is 7.74. The smallest absolute Gasteiger partial charge is 0.387 e. The Morgan fingerprint density at radius 3 is 2.76 bits per heavy atom. The van der Waals surface area contributed by atoms with Crippen LogP contribution in [-0.4, -0.2) is 13.2 Å². The van der Waals surface area contributed by atoms with E-state index in [2.05, 4.69) is 23.9 Å². The molecule has 118 valence electrons. The Kier molecular flexibility index (Phi) is 5.97. The lowest BCUT2D eigenvalue weighted by Crippen LogP contribution is -2.31. The van der Waals surface area contributed by atoms with Gasteiger partial charge in [0.25, 0.3) is 0 Å². The molecule has 1 fully saturated rings. The Hall–Kier alpha value is -1.16. The summed E-state index contributed by atoms with van der Waals surface area (Å²) < 4.78 is 29.0.